The van der Waals surface area contributed by atoms with Gasteiger partial charge in [0.1, 0.15) is 90.3 Å². The van der Waals surface area contributed by atoms with Crippen molar-refractivity contribution >= 4 is 140 Å². The predicted octanol–water partition coefficient (Wildman–Crippen LogP) is -4.61. The number of amides is 16. The molecule has 44 nitrogen and oxygen atoms in total. The van der Waals surface area contributed by atoms with Crippen LogP contribution in [0.15, 0.2) is 85.2 Å². The molecule has 0 saturated carbocycles. The number of aliphatic hydroxyl groups excluding tert-OH is 3. The third-order valence-electron chi connectivity index (χ3n) is 23.5. The molecule has 0 radical (unpaired) electrons. The molecule has 16 amide bonds. The Balaban J connectivity index is 1.19. The third-order valence-corrected chi connectivity index (χ3v) is 24.5. The zero-order valence-electron chi connectivity index (χ0n) is 74.7. The standard InChI is InChI=1S/C87H124N22O22S/c1-7-9-22-66-79(124)97-57(21-15-33-92-87(90)91)75(120)104-65(74(119)95-41-70(89)114)45-132-46-71(115)96-61(35-48-25-27-51(112)28-26-48)82(127)105(4)47(3)73(118)98-59(31-32-88)84(129)108-34-16-24-67(108)80(125)103-64(44-111)77(122)99-58(29-30-72(116)117)85(130)109-42-52(113)38-69(109)81(126)100-60(36-49-39-93-55-19-13-11-17-53(49)55)76(121)102-63(43-110)78(123)101-62(37-50-40-94-56-20-14-12-18-54(50)56)83(128)107(6)68(23-10-8-2)86(131)106(66)5/h11-14,17-20,25-28,39-40,47,52,57-69,93-94,110-113H,7-10,15-16,21-24,29-38,41-46,88H2,1-6H3,(H2,89,114)(H,95,119)(H,96,115)(H,97,124)(H,98,118)(H,99,122)(H,100,126)(H,101,123)(H,102,121)(H,103,125)(H,104,120)(H,116,117)(H4,90,91,92)/t47-,52+,57-,58-,59-,60-,61-,62-,63-,64-,65-,66-,67-,68-,69-/m0/s1. The van der Waals surface area contributed by atoms with E-state index in [1.165, 1.54) is 52.3 Å². The maximum Gasteiger partial charge on any atom is 0.303 e. The van der Waals surface area contributed by atoms with Crippen LogP contribution in [0.3, 0.4) is 0 Å². The molecule has 720 valence electrons. The average Bonchev–Trinajstić information content (AvgIpc) is 1.60. The van der Waals surface area contributed by atoms with Gasteiger partial charge in [-0.2, -0.15) is 0 Å². The van der Waals surface area contributed by atoms with Gasteiger partial charge in [0, 0.05) is 113 Å². The SMILES string of the molecule is CCCC[C@H]1C(=O)N(C)[C@@H](CCCC)C(=O)N[C@@H](CCCNC(=N)N)C(=O)N[C@H](C(=O)NCC(N)=O)CSCC(=O)N[C@@H](Cc2ccc(O)cc2)C(=O)N(C)[C@@H](C)C(=O)N[C@@H](CCN)C(=O)N2CCC[C@H]2C(=O)N[C@@H](CO)C(=O)N[C@@H](CCC(=O)O)C(=O)N2C[C@H](O)C[C@H]2C(=O)N[C@@H](Cc2c[nH]c3ccccc23)C(=O)N[C@@H](CO)C(=O)N[C@@H](Cc2c[nH]c3ccccc23)C(=O)N1C. The number of likely N-dealkylation sites (N-methyl/N-ethyl adjacent to an activating group) is 3. The Labute approximate surface area is 765 Å². The fourth-order valence-corrected chi connectivity index (χ4v) is 16.9. The molecule has 3 aromatic carbocycles. The van der Waals surface area contributed by atoms with Gasteiger partial charge in [0.25, 0.3) is 0 Å². The van der Waals surface area contributed by atoms with Crippen LogP contribution in [0.5, 0.6) is 5.75 Å². The van der Waals surface area contributed by atoms with Crippen LogP contribution < -0.4 is 75.7 Å². The number of unbranched alkanes of at least 4 members (excludes halogenated alkanes) is 2. The minimum atomic E-state index is -1.93. The van der Waals surface area contributed by atoms with Gasteiger partial charge in [-0.25, -0.2) is 0 Å². The van der Waals surface area contributed by atoms with Gasteiger partial charge in [0.15, 0.2) is 5.96 Å². The van der Waals surface area contributed by atoms with E-state index < -0.39 is 254 Å². The van der Waals surface area contributed by atoms with Crippen molar-refractivity contribution in [1.29, 1.82) is 5.41 Å². The van der Waals surface area contributed by atoms with Crippen LogP contribution in [-0.4, -0.2) is 336 Å². The number of aliphatic carboxylic acids is 1. The first-order valence-corrected chi connectivity index (χ1v) is 45.1. The number of carbonyl (C=O) groups is 17. The van der Waals surface area contributed by atoms with Crippen molar-refractivity contribution in [2.75, 3.05) is 78.6 Å². The molecule has 3 aliphatic rings. The number of aromatic nitrogens is 2. The summed E-state index contributed by atoms with van der Waals surface area (Å²) >= 11 is 0.765. The molecule has 3 saturated heterocycles. The van der Waals surface area contributed by atoms with Gasteiger partial charge in [0.2, 0.25) is 94.5 Å². The molecule has 3 aliphatic heterocycles. The second-order valence-corrected chi connectivity index (χ2v) is 34.1. The van der Waals surface area contributed by atoms with E-state index in [0.717, 1.165) is 36.3 Å². The molecular weight excluding hydrogens is 1740 g/mol. The number of nitrogens with two attached hydrogens (primary N) is 3. The minimum Gasteiger partial charge on any atom is -0.508 e. The molecule has 5 aromatic rings. The topological polar surface area (TPSA) is 673 Å². The van der Waals surface area contributed by atoms with Crippen molar-refractivity contribution in [2.45, 2.75) is 221 Å². The summed E-state index contributed by atoms with van der Waals surface area (Å²) in [6, 6.07) is -3.11. The fraction of sp³-hybridized carbons (Fsp3) is 0.540. The van der Waals surface area contributed by atoms with Crippen LogP contribution in [0, 0.1) is 5.41 Å². The largest absolute Gasteiger partial charge is 0.508 e. The van der Waals surface area contributed by atoms with Crippen LogP contribution in [0.25, 0.3) is 21.8 Å². The van der Waals surface area contributed by atoms with Crippen LogP contribution >= 0.6 is 11.8 Å². The highest BCUT2D eigenvalue weighted by Gasteiger charge is 2.47. The number of phenolic OH excluding ortho intramolecular Hbond substituents is 1. The van der Waals surface area contributed by atoms with Crippen LogP contribution in [0.2, 0.25) is 0 Å². The maximum absolute atomic E-state index is 15.7. The quantitative estimate of drug-likeness (QED) is 0.0141. The van der Waals surface area contributed by atoms with Crippen molar-refractivity contribution < 1.29 is 107 Å². The van der Waals surface area contributed by atoms with Crippen molar-refractivity contribution in [2.24, 2.45) is 17.2 Å². The Hall–Kier alpha value is -13.0. The summed E-state index contributed by atoms with van der Waals surface area (Å²) in [5, 5.41) is 90.6. The highest BCUT2D eigenvalue weighted by Crippen LogP contribution is 2.28. The van der Waals surface area contributed by atoms with Gasteiger partial charge < -0.3 is 136 Å². The van der Waals surface area contributed by atoms with Gasteiger partial charge in [-0.15, -0.1) is 11.8 Å². The van der Waals surface area contributed by atoms with Crippen molar-refractivity contribution in [3.8, 4) is 5.75 Å². The number of nitrogens with one attached hydrogen (secondary N) is 14. The summed E-state index contributed by atoms with van der Waals surface area (Å²) in [5.41, 5.74) is 19.6. The van der Waals surface area contributed by atoms with E-state index in [-0.39, 0.29) is 89.6 Å². The van der Waals surface area contributed by atoms with Gasteiger partial charge in [-0.05, 0) is 106 Å². The number of aliphatic hydroxyl groups is 3. The summed E-state index contributed by atoms with van der Waals surface area (Å²) in [6.07, 6.45) is 0.0281. The number of para-hydroxylation sites is 2. The van der Waals surface area contributed by atoms with E-state index >= 15 is 33.6 Å². The van der Waals surface area contributed by atoms with Crippen molar-refractivity contribution in [3.63, 3.8) is 0 Å². The Morgan fingerprint density at radius 2 is 1.04 bits per heavy atom. The summed E-state index contributed by atoms with van der Waals surface area (Å²) in [7, 11) is 3.89. The molecule has 25 N–H and O–H groups in total. The van der Waals surface area contributed by atoms with E-state index in [1.54, 1.807) is 60.9 Å². The zero-order chi connectivity index (χ0) is 96.7. The van der Waals surface area contributed by atoms with Gasteiger partial charge in [-0.3, -0.25) is 86.9 Å². The molecule has 45 heteroatoms. The molecule has 8 rings (SSSR count). The number of primary amides is 1. The van der Waals surface area contributed by atoms with Crippen molar-refractivity contribution in [3.05, 3.63) is 102 Å². The number of aromatic amines is 2. The summed E-state index contributed by atoms with van der Waals surface area (Å²) in [4.78, 5) is 259. The first-order valence-electron chi connectivity index (χ1n) is 44.0. The number of H-pyrrole nitrogens is 2. The number of rotatable bonds is 26. The van der Waals surface area contributed by atoms with E-state index in [0.29, 0.717) is 64.2 Å². The number of benzene rings is 3. The van der Waals surface area contributed by atoms with Gasteiger partial charge in [-0.1, -0.05) is 88.1 Å². The first-order chi connectivity index (χ1) is 62.9. The number of hydrogen-bond acceptors (Lipinski definition) is 24. The lowest BCUT2D eigenvalue weighted by molar-refractivity contribution is -0.149. The Morgan fingerprint density at radius 1 is 0.530 bits per heavy atom. The van der Waals surface area contributed by atoms with Crippen LogP contribution in [0.1, 0.15) is 127 Å². The molecule has 0 bridgehead atoms. The van der Waals surface area contributed by atoms with E-state index in [2.05, 4.69) is 68.5 Å². The molecule has 0 unspecified atom stereocenters. The normalized spacial score (nSPS) is 25.0. The summed E-state index contributed by atoms with van der Waals surface area (Å²) in [5.74, 6) is -18.7. The van der Waals surface area contributed by atoms with Crippen LogP contribution in [-0.2, 0) is 101 Å². The second-order valence-electron chi connectivity index (χ2n) is 33.1. The molecule has 0 spiro atoms. The van der Waals surface area contributed by atoms with E-state index in [9.17, 15) is 73.5 Å². The molecule has 15 atom stereocenters. The molecule has 132 heavy (non-hydrogen) atoms. The first kappa shape index (κ1) is 104. The molecule has 0 aliphatic carbocycles. The highest BCUT2D eigenvalue weighted by molar-refractivity contribution is 8.00. The number of nitrogens with zero attached hydrogens (tertiary/aromatic N) is 5. The number of hydrogen-bond donors (Lipinski definition) is 22. The lowest BCUT2D eigenvalue weighted by Crippen LogP contribution is -2.62. The van der Waals surface area contributed by atoms with Gasteiger partial charge >= 0.3 is 5.97 Å². The lowest BCUT2D eigenvalue weighted by atomic mass is 10.00. The molecule has 5 heterocycles. The van der Waals surface area contributed by atoms with Crippen LogP contribution in [0.4, 0.5) is 0 Å². The Bertz CT molecular complexity index is 4940. The number of carboxylic acids is 1. The number of fused-ring (bicyclic) bond motifs is 4. The summed E-state index contributed by atoms with van der Waals surface area (Å²) < 4.78 is 0. The lowest BCUT2D eigenvalue weighted by Gasteiger charge is -2.36. The fourth-order valence-electron chi connectivity index (χ4n) is 16.0. The van der Waals surface area contributed by atoms with E-state index in [4.69, 9.17) is 22.6 Å². The highest BCUT2D eigenvalue weighted by atomic mass is 32.2. The average molecular weight is 1860 g/mol. The number of carboxylic acid groups (broad SMARTS) is 1. The number of phenols is 1. The molecule has 2 aromatic heterocycles. The number of thioether (sulfide) groups is 1. The third kappa shape index (κ3) is 29.0. The number of guanidine groups is 1. The maximum atomic E-state index is 15.7. The zero-order valence-corrected chi connectivity index (χ0v) is 75.5. The second kappa shape index (κ2) is 50.4. The Morgan fingerprint density at radius 3 is 1.63 bits per heavy atom. The smallest absolute Gasteiger partial charge is 0.303 e. The van der Waals surface area contributed by atoms with E-state index in [1.807, 2.05) is 13.8 Å². The Kier molecular flexibility index (Phi) is 39.9. The van der Waals surface area contributed by atoms with Gasteiger partial charge in [0.05, 0.1) is 31.6 Å². The molecular formula is C87H124N22O22S. The minimum absolute atomic E-state index is 0.0167. The summed E-state index contributed by atoms with van der Waals surface area (Å²) in [6.45, 7) is 0.996. The van der Waals surface area contributed by atoms with Crippen molar-refractivity contribution in [1.82, 2.24) is 93.0 Å². The monoisotopic (exact) mass is 1860 g/mol. The number of carbonyl (C=O) groups excluding carboxylic acids is 16. The predicted molar refractivity (Wildman–Crippen MR) is 482 cm³/mol. The number of aromatic hydroxyl groups is 1. The molecule has 3 fully saturated rings.